The Kier molecular flexibility index (Phi) is 41.2. The van der Waals surface area contributed by atoms with Crippen LogP contribution in [-0.4, -0.2) is 37.5 Å². The molecule has 0 aliphatic heterocycles. The number of rotatable bonds is 41. The summed E-state index contributed by atoms with van der Waals surface area (Å²) in [5.41, 5.74) is 0. The maximum absolute atomic E-state index is 8.69. The topological polar surface area (TPSA) is 39.9 Å². The number of hydrogen-bond acceptors (Lipinski definition) is 2. The summed E-state index contributed by atoms with van der Waals surface area (Å²) in [6.07, 6.45) is 47.9. The number of aldehydes is 1. The normalized spacial score (nSPS) is 12.2. The van der Waals surface area contributed by atoms with Crippen LogP contribution in [0.15, 0.2) is 0 Å². The van der Waals surface area contributed by atoms with Gasteiger partial charge in [0.1, 0.15) is 0 Å². The summed E-state index contributed by atoms with van der Waals surface area (Å²) >= 11 is 0. The SMILES string of the molecule is CCCCCCCCCCC(CCCCCCCC)COCCOCCCCCCCCCCCCCCCCCCCC=[OH+]. The molecule has 0 aromatic carbocycles. The van der Waals surface area contributed by atoms with Gasteiger partial charge in [0.15, 0.2) is 0 Å². The predicted molar refractivity (Wildman–Crippen MR) is 201 cm³/mol. The van der Waals surface area contributed by atoms with E-state index in [-0.39, 0.29) is 0 Å². The van der Waals surface area contributed by atoms with Crippen molar-refractivity contribution in [2.24, 2.45) is 5.92 Å². The van der Waals surface area contributed by atoms with E-state index in [1.165, 1.54) is 212 Å². The summed E-state index contributed by atoms with van der Waals surface area (Å²) in [7, 11) is 0. The lowest BCUT2D eigenvalue weighted by atomic mass is 9.94. The molecule has 3 nitrogen and oxygen atoms in total. The first-order valence-electron chi connectivity index (χ1n) is 21.0. The van der Waals surface area contributed by atoms with Crippen molar-refractivity contribution < 1.29 is 14.3 Å². The van der Waals surface area contributed by atoms with E-state index in [4.69, 9.17) is 14.3 Å². The third-order valence-electron chi connectivity index (χ3n) is 9.78. The molecular weight excluding hydrogens is 552 g/mol. The molecular formula is C42H85O3+. The zero-order valence-electron chi connectivity index (χ0n) is 31.3. The Balaban J connectivity index is 3.54. The zero-order chi connectivity index (χ0) is 32.6. The van der Waals surface area contributed by atoms with Crippen LogP contribution in [0.5, 0.6) is 0 Å². The molecule has 270 valence electrons. The molecule has 45 heavy (non-hydrogen) atoms. The van der Waals surface area contributed by atoms with E-state index in [0.717, 1.165) is 45.2 Å². The lowest BCUT2D eigenvalue weighted by molar-refractivity contribution is 0.0290. The van der Waals surface area contributed by atoms with Gasteiger partial charge in [0.2, 0.25) is 0 Å². The van der Waals surface area contributed by atoms with E-state index in [0.29, 0.717) is 0 Å². The molecule has 0 amide bonds. The zero-order valence-corrected chi connectivity index (χ0v) is 31.3. The van der Waals surface area contributed by atoms with Crippen LogP contribution in [0.1, 0.15) is 232 Å². The first-order valence-corrected chi connectivity index (χ1v) is 21.0. The Labute approximate surface area is 284 Å². The minimum absolute atomic E-state index is 0.754. The van der Waals surface area contributed by atoms with Crippen LogP contribution in [0.4, 0.5) is 0 Å². The van der Waals surface area contributed by atoms with Gasteiger partial charge in [-0.2, -0.15) is 0 Å². The summed E-state index contributed by atoms with van der Waals surface area (Å²) < 4.78 is 12.0. The van der Waals surface area contributed by atoms with E-state index in [1.54, 1.807) is 0 Å². The average molecular weight is 638 g/mol. The number of ether oxygens (including phenoxy) is 2. The van der Waals surface area contributed by atoms with E-state index >= 15 is 0 Å². The molecule has 1 unspecified atom stereocenters. The van der Waals surface area contributed by atoms with Crippen molar-refractivity contribution in [2.75, 3.05) is 26.4 Å². The third-order valence-corrected chi connectivity index (χ3v) is 9.78. The van der Waals surface area contributed by atoms with E-state index in [2.05, 4.69) is 13.8 Å². The van der Waals surface area contributed by atoms with Gasteiger partial charge in [0, 0.05) is 13.2 Å². The summed E-state index contributed by atoms with van der Waals surface area (Å²) in [6.45, 7) is 8.01. The maximum atomic E-state index is 8.69. The van der Waals surface area contributed by atoms with Crippen molar-refractivity contribution in [2.45, 2.75) is 232 Å². The molecule has 0 rings (SSSR count). The van der Waals surface area contributed by atoms with Crippen LogP contribution in [-0.2, 0) is 9.47 Å². The first kappa shape index (κ1) is 44.6. The Morgan fingerprint density at radius 3 is 1.11 bits per heavy atom. The van der Waals surface area contributed by atoms with Gasteiger partial charge in [-0.15, -0.1) is 0 Å². The van der Waals surface area contributed by atoms with Gasteiger partial charge < -0.3 is 9.47 Å². The summed E-state index contributed by atoms with van der Waals surface area (Å²) in [5.74, 6) is 0.754. The van der Waals surface area contributed by atoms with Crippen molar-refractivity contribution in [3.8, 4) is 0 Å². The van der Waals surface area contributed by atoms with Gasteiger partial charge in [0.05, 0.1) is 19.6 Å². The fraction of sp³-hybridized carbons (Fsp3) is 0.976. The fourth-order valence-electron chi connectivity index (χ4n) is 6.65. The second-order valence-electron chi connectivity index (χ2n) is 14.4. The minimum atomic E-state index is 0.754. The monoisotopic (exact) mass is 638 g/mol. The molecule has 0 aromatic heterocycles. The molecule has 0 fully saturated rings. The number of carbonyl (C=O) groups excluding carboxylic acids is 1. The van der Waals surface area contributed by atoms with Crippen LogP contribution in [0.25, 0.3) is 0 Å². The van der Waals surface area contributed by atoms with Gasteiger partial charge in [-0.1, -0.05) is 200 Å². The molecule has 0 aromatic rings. The average Bonchev–Trinajstić information content (AvgIpc) is 3.05. The maximum Gasteiger partial charge on any atom is 0.281 e. The molecule has 0 heterocycles. The highest BCUT2D eigenvalue weighted by atomic mass is 16.5. The van der Waals surface area contributed by atoms with Gasteiger partial charge in [-0.25, -0.2) is 0 Å². The highest BCUT2D eigenvalue weighted by Gasteiger charge is 2.09. The molecule has 1 N–H and O–H groups in total. The van der Waals surface area contributed by atoms with E-state index < -0.39 is 0 Å². The van der Waals surface area contributed by atoms with Crippen LogP contribution in [0.3, 0.4) is 0 Å². The summed E-state index contributed by atoms with van der Waals surface area (Å²) in [4.78, 5) is 8.69. The van der Waals surface area contributed by atoms with Crippen LogP contribution in [0, 0.1) is 5.92 Å². The van der Waals surface area contributed by atoms with E-state index in [9.17, 15) is 0 Å². The van der Waals surface area contributed by atoms with Crippen LogP contribution in [0.2, 0.25) is 0 Å². The molecule has 0 bridgehead atoms. The highest BCUT2D eigenvalue weighted by Crippen LogP contribution is 2.20. The number of hydrogen-bond donors (Lipinski definition) is 0. The molecule has 3 heteroatoms. The highest BCUT2D eigenvalue weighted by molar-refractivity contribution is 5.50. The van der Waals surface area contributed by atoms with Gasteiger partial charge in [0.25, 0.3) is 6.29 Å². The fourth-order valence-corrected chi connectivity index (χ4v) is 6.65. The standard InChI is InChI=1S/C42H84O3/c1-3-5-7-9-11-24-28-32-36-42(35-31-27-10-8-6-4-2)41-45-40-39-44-38-34-30-26-23-21-19-17-15-13-12-14-16-18-20-22-25-29-33-37-43/h37,42H,3-36,38-41H2,1-2H3/p+1. The third kappa shape index (κ3) is 39.7. The first-order chi connectivity index (χ1) is 22.3. The quantitative estimate of drug-likeness (QED) is 0.0380. The Bertz CT molecular complexity index is 522. The van der Waals surface area contributed by atoms with Gasteiger partial charge in [-0.3, -0.25) is 4.79 Å². The molecule has 1 atom stereocenters. The van der Waals surface area contributed by atoms with Gasteiger partial charge in [-0.05, 0) is 31.6 Å². The smallest absolute Gasteiger partial charge is 0.281 e. The molecule has 0 aliphatic rings. The van der Waals surface area contributed by atoms with Crippen molar-refractivity contribution in [1.82, 2.24) is 0 Å². The minimum Gasteiger partial charge on any atom is -0.379 e. The predicted octanol–water partition coefficient (Wildman–Crippen LogP) is 14.1. The summed E-state index contributed by atoms with van der Waals surface area (Å²) in [5, 5.41) is 0. The van der Waals surface area contributed by atoms with Crippen molar-refractivity contribution in [1.29, 1.82) is 0 Å². The second kappa shape index (κ2) is 41.6. The Hall–Kier alpha value is -0.410. The molecule has 0 aliphatic carbocycles. The lowest BCUT2D eigenvalue weighted by Crippen LogP contribution is -2.13. The van der Waals surface area contributed by atoms with Crippen LogP contribution < -0.4 is 0 Å². The van der Waals surface area contributed by atoms with E-state index in [1.807, 2.05) is 0 Å². The van der Waals surface area contributed by atoms with Crippen LogP contribution >= 0.6 is 0 Å². The lowest BCUT2D eigenvalue weighted by Gasteiger charge is -2.17. The number of unbranched alkanes of at least 4 members (excludes halogenated alkanes) is 29. The Morgan fingerprint density at radius 2 is 0.711 bits per heavy atom. The summed E-state index contributed by atoms with van der Waals surface area (Å²) in [6, 6.07) is 0. The second-order valence-corrected chi connectivity index (χ2v) is 14.4. The molecule has 0 radical (unpaired) electrons. The van der Waals surface area contributed by atoms with Crippen molar-refractivity contribution in [3.05, 3.63) is 0 Å². The Morgan fingerprint density at radius 1 is 0.378 bits per heavy atom. The van der Waals surface area contributed by atoms with Crippen molar-refractivity contribution >= 4 is 6.29 Å². The molecule has 0 spiro atoms. The molecule has 0 saturated carbocycles. The molecule has 0 saturated heterocycles. The van der Waals surface area contributed by atoms with Crippen molar-refractivity contribution in [3.63, 3.8) is 0 Å². The van der Waals surface area contributed by atoms with Gasteiger partial charge >= 0.3 is 0 Å². The largest absolute Gasteiger partial charge is 0.379 e.